The van der Waals surface area contributed by atoms with Gasteiger partial charge in [-0.25, -0.2) is 0 Å². The van der Waals surface area contributed by atoms with Crippen molar-refractivity contribution < 1.29 is 4.74 Å². The third-order valence-electron chi connectivity index (χ3n) is 2.22. The van der Waals surface area contributed by atoms with E-state index in [9.17, 15) is 4.79 Å². The van der Waals surface area contributed by atoms with Gasteiger partial charge in [-0.2, -0.15) is 0 Å². The molecule has 14 heavy (non-hydrogen) atoms. The van der Waals surface area contributed by atoms with Crippen molar-refractivity contribution in [1.29, 1.82) is 0 Å². The molecule has 0 saturated heterocycles. The number of ether oxygens (including phenoxy) is 1. The fourth-order valence-electron chi connectivity index (χ4n) is 1.28. The molecule has 0 unspecified atom stereocenters. The van der Waals surface area contributed by atoms with Crippen molar-refractivity contribution in [2.24, 2.45) is 0 Å². The third kappa shape index (κ3) is 2.35. The highest BCUT2D eigenvalue weighted by Gasteiger charge is 2.21. The van der Waals surface area contributed by atoms with Gasteiger partial charge in [0.1, 0.15) is 0 Å². The number of rotatable bonds is 4. The Hall–Kier alpha value is -1.29. The van der Waals surface area contributed by atoms with Gasteiger partial charge < -0.3 is 15.0 Å². The number of hydrogen-bond donors (Lipinski definition) is 1. The Balaban J connectivity index is 1.93. The van der Waals surface area contributed by atoms with Gasteiger partial charge in [0.2, 0.25) is 0 Å². The minimum absolute atomic E-state index is 0.0291. The first-order chi connectivity index (χ1) is 6.75. The van der Waals surface area contributed by atoms with E-state index in [1.165, 1.54) is 6.07 Å². The van der Waals surface area contributed by atoms with Crippen LogP contribution in [0.4, 0.5) is 5.69 Å². The zero-order chi connectivity index (χ0) is 9.97. The molecule has 2 N–H and O–H groups in total. The van der Waals surface area contributed by atoms with E-state index in [2.05, 4.69) is 0 Å². The molecular weight excluding hydrogens is 180 g/mol. The first-order valence-electron chi connectivity index (χ1n) is 4.83. The molecule has 1 saturated carbocycles. The van der Waals surface area contributed by atoms with E-state index in [4.69, 9.17) is 10.5 Å². The summed E-state index contributed by atoms with van der Waals surface area (Å²) in [5.74, 6) is 0. The van der Waals surface area contributed by atoms with E-state index >= 15 is 0 Å². The van der Waals surface area contributed by atoms with E-state index in [-0.39, 0.29) is 5.56 Å². The van der Waals surface area contributed by atoms with Crippen LogP contribution >= 0.6 is 0 Å². The zero-order valence-electron chi connectivity index (χ0n) is 7.98. The standard InChI is InChI=1S/C10H14N2O2/c11-8-1-4-10(13)12(7-8)5-6-14-9-2-3-9/h1,4,7,9H,2-3,5-6,11H2. The lowest BCUT2D eigenvalue weighted by atomic mass is 10.4. The second-order valence-corrected chi connectivity index (χ2v) is 3.56. The van der Waals surface area contributed by atoms with Crippen LogP contribution in [0.1, 0.15) is 12.8 Å². The Kier molecular flexibility index (Phi) is 2.54. The lowest BCUT2D eigenvalue weighted by Crippen LogP contribution is -2.21. The van der Waals surface area contributed by atoms with Crippen molar-refractivity contribution in [2.75, 3.05) is 12.3 Å². The van der Waals surface area contributed by atoms with Gasteiger partial charge in [0.25, 0.3) is 5.56 Å². The Morgan fingerprint density at radius 2 is 2.29 bits per heavy atom. The normalized spacial score (nSPS) is 15.7. The summed E-state index contributed by atoms with van der Waals surface area (Å²) in [4.78, 5) is 11.3. The van der Waals surface area contributed by atoms with Crippen LogP contribution in [0.15, 0.2) is 23.1 Å². The summed E-state index contributed by atoms with van der Waals surface area (Å²) in [6.07, 6.45) is 4.41. The molecule has 1 aliphatic rings. The van der Waals surface area contributed by atoms with Crippen molar-refractivity contribution >= 4 is 5.69 Å². The third-order valence-corrected chi connectivity index (χ3v) is 2.22. The maximum Gasteiger partial charge on any atom is 0.250 e. The molecule has 4 heteroatoms. The average molecular weight is 194 g/mol. The Morgan fingerprint density at radius 3 is 3.00 bits per heavy atom. The van der Waals surface area contributed by atoms with Gasteiger partial charge in [-0.3, -0.25) is 4.79 Å². The molecule has 1 aliphatic carbocycles. The van der Waals surface area contributed by atoms with Crippen molar-refractivity contribution in [3.8, 4) is 0 Å². The summed E-state index contributed by atoms with van der Waals surface area (Å²) in [7, 11) is 0. The van der Waals surface area contributed by atoms with Gasteiger partial charge >= 0.3 is 0 Å². The van der Waals surface area contributed by atoms with Crippen LogP contribution < -0.4 is 11.3 Å². The van der Waals surface area contributed by atoms with E-state index in [0.29, 0.717) is 24.9 Å². The quantitative estimate of drug-likeness (QED) is 0.764. The number of pyridine rings is 1. The molecule has 76 valence electrons. The molecule has 0 aliphatic heterocycles. The van der Waals surface area contributed by atoms with Crippen LogP contribution in [-0.2, 0) is 11.3 Å². The molecular formula is C10H14N2O2. The smallest absolute Gasteiger partial charge is 0.250 e. The van der Waals surface area contributed by atoms with Crippen LogP contribution in [0.25, 0.3) is 0 Å². The van der Waals surface area contributed by atoms with Gasteiger partial charge in [0.05, 0.1) is 12.7 Å². The number of nitrogens with two attached hydrogens (primary N) is 1. The van der Waals surface area contributed by atoms with Gasteiger partial charge in [-0.15, -0.1) is 0 Å². The summed E-state index contributed by atoms with van der Waals surface area (Å²) in [5.41, 5.74) is 6.15. The summed E-state index contributed by atoms with van der Waals surface area (Å²) >= 11 is 0. The van der Waals surface area contributed by atoms with E-state index < -0.39 is 0 Å². The molecule has 1 heterocycles. The molecule has 1 fully saturated rings. The SMILES string of the molecule is Nc1ccc(=O)n(CCOC2CC2)c1. The van der Waals surface area contributed by atoms with Gasteiger partial charge in [0, 0.05) is 24.5 Å². The summed E-state index contributed by atoms with van der Waals surface area (Å²) in [6, 6.07) is 3.09. The Morgan fingerprint density at radius 1 is 1.50 bits per heavy atom. The molecule has 0 amide bonds. The molecule has 0 aromatic carbocycles. The van der Waals surface area contributed by atoms with Gasteiger partial charge in [0.15, 0.2) is 0 Å². The minimum Gasteiger partial charge on any atom is -0.398 e. The van der Waals surface area contributed by atoms with Crippen molar-refractivity contribution in [2.45, 2.75) is 25.5 Å². The van der Waals surface area contributed by atoms with Crippen LogP contribution in [0.3, 0.4) is 0 Å². The molecule has 1 aromatic rings. The highest BCUT2D eigenvalue weighted by atomic mass is 16.5. The molecule has 0 atom stereocenters. The number of nitrogen functional groups attached to an aromatic ring is 1. The van der Waals surface area contributed by atoms with E-state index in [0.717, 1.165) is 12.8 Å². The molecule has 1 aromatic heterocycles. The summed E-state index contributed by atoms with van der Waals surface area (Å²) in [6.45, 7) is 1.17. The second kappa shape index (κ2) is 3.84. The number of anilines is 1. The first kappa shape index (κ1) is 9.27. The highest BCUT2D eigenvalue weighted by molar-refractivity contribution is 5.33. The predicted molar refractivity (Wildman–Crippen MR) is 54.1 cm³/mol. The second-order valence-electron chi connectivity index (χ2n) is 3.56. The van der Waals surface area contributed by atoms with Crippen LogP contribution in [0.2, 0.25) is 0 Å². The van der Waals surface area contributed by atoms with Crippen molar-refractivity contribution in [3.05, 3.63) is 28.7 Å². The Bertz CT molecular complexity index is 369. The van der Waals surface area contributed by atoms with Crippen LogP contribution in [0.5, 0.6) is 0 Å². The average Bonchev–Trinajstić information content (AvgIpc) is 2.95. The minimum atomic E-state index is -0.0291. The van der Waals surface area contributed by atoms with Gasteiger partial charge in [-0.05, 0) is 18.9 Å². The van der Waals surface area contributed by atoms with Crippen molar-refractivity contribution in [1.82, 2.24) is 4.57 Å². The monoisotopic (exact) mass is 194 g/mol. The maximum absolute atomic E-state index is 11.3. The predicted octanol–water partition coefficient (Wildman–Crippen LogP) is 0.609. The number of aromatic nitrogens is 1. The fourth-order valence-corrected chi connectivity index (χ4v) is 1.28. The largest absolute Gasteiger partial charge is 0.398 e. The van der Waals surface area contributed by atoms with E-state index in [1.807, 2.05) is 0 Å². The number of hydrogen-bond acceptors (Lipinski definition) is 3. The fraction of sp³-hybridized carbons (Fsp3) is 0.500. The molecule has 2 rings (SSSR count). The van der Waals surface area contributed by atoms with Crippen LogP contribution in [0, 0.1) is 0 Å². The zero-order valence-corrected chi connectivity index (χ0v) is 7.98. The molecule has 4 nitrogen and oxygen atoms in total. The molecule has 0 bridgehead atoms. The number of nitrogens with zero attached hydrogens (tertiary/aromatic N) is 1. The van der Waals surface area contributed by atoms with Gasteiger partial charge in [-0.1, -0.05) is 0 Å². The topological polar surface area (TPSA) is 57.2 Å². The Labute approximate surface area is 82.3 Å². The maximum atomic E-state index is 11.3. The lowest BCUT2D eigenvalue weighted by Gasteiger charge is -2.06. The summed E-state index contributed by atoms with van der Waals surface area (Å²) < 4.78 is 7.03. The first-order valence-corrected chi connectivity index (χ1v) is 4.83. The molecule has 0 radical (unpaired) electrons. The summed E-state index contributed by atoms with van der Waals surface area (Å²) in [5, 5.41) is 0. The molecule has 0 spiro atoms. The van der Waals surface area contributed by atoms with E-state index in [1.54, 1.807) is 16.8 Å². The van der Waals surface area contributed by atoms with Crippen LogP contribution in [-0.4, -0.2) is 17.3 Å². The highest BCUT2D eigenvalue weighted by Crippen LogP contribution is 2.22. The lowest BCUT2D eigenvalue weighted by molar-refractivity contribution is 0.111. The van der Waals surface area contributed by atoms with Crippen molar-refractivity contribution in [3.63, 3.8) is 0 Å².